The van der Waals surface area contributed by atoms with Crippen LogP contribution in [0.2, 0.25) is 0 Å². The highest BCUT2D eigenvalue weighted by molar-refractivity contribution is 7.88. The highest BCUT2D eigenvalue weighted by Crippen LogP contribution is 2.29. The van der Waals surface area contributed by atoms with E-state index in [4.69, 9.17) is 0 Å². The van der Waals surface area contributed by atoms with Crippen molar-refractivity contribution in [2.75, 3.05) is 7.05 Å². The molecule has 2 aromatic carbocycles. The molecule has 0 fully saturated rings. The van der Waals surface area contributed by atoms with Gasteiger partial charge < -0.3 is 5.32 Å². The van der Waals surface area contributed by atoms with Gasteiger partial charge in [0, 0.05) is 12.6 Å². The van der Waals surface area contributed by atoms with E-state index in [9.17, 15) is 26.4 Å². The molecule has 0 spiro atoms. The molecule has 1 amide bonds. The van der Waals surface area contributed by atoms with Crippen molar-refractivity contribution in [1.29, 1.82) is 0 Å². The quantitative estimate of drug-likeness (QED) is 0.687. The molecule has 2 aromatic rings. The molecule has 2 N–H and O–H groups in total. The summed E-state index contributed by atoms with van der Waals surface area (Å²) in [7, 11) is -2.02. The van der Waals surface area contributed by atoms with Gasteiger partial charge in [-0.15, -0.1) is 0 Å². The zero-order valence-electron chi connectivity index (χ0n) is 15.0. The van der Waals surface area contributed by atoms with Crippen LogP contribution >= 0.6 is 0 Å². The first kappa shape index (κ1) is 21.6. The number of carbonyl (C=O) groups excluding carboxylic acids is 1. The fourth-order valence-corrected chi connectivity index (χ4v) is 3.06. The minimum absolute atomic E-state index is 0.143. The number of benzene rings is 2. The van der Waals surface area contributed by atoms with Gasteiger partial charge in [0.2, 0.25) is 15.9 Å². The van der Waals surface area contributed by atoms with Crippen LogP contribution in [0.5, 0.6) is 0 Å². The lowest BCUT2D eigenvalue weighted by molar-refractivity contribution is -0.137. The van der Waals surface area contributed by atoms with E-state index in [-0.39, 0.29) is 17.9 Å². The Bertz CT molecular complexity index is 953. The minimum atomic E-state index is -4.44. The molecular weight excluding hydrogens is 393 g/mol. The van der Waals surface area contributed by atoms with E-state index in [1.807, 2.05) is 0 Å². The van der Waals surface area contributed by atoms with Gasteiger partial charge in [-0.3, -0.25) is 4.79 Å². The summed E-state index contributed by atoms with van der Waals surface area (Å²) in [5.74, 6) is -0.602. The maximum absolute atomic E-state index is 12.7. The third kappa shape index (κ3) is 6.82. The summed E-state index contributed by atoms with van der Waals surface area (Å²) in [5.41, 5.74) is 0.843. The van der Waals surface area contributed by atoms with Crippen LogP contribution in [0.1, 0.15) is 22.3 Å². The first-order chi connectivity index (χ1) is 13.1. The third-order valence-electron chi connectivity index (χ3n) is 3.80. The lowest BCUT2D eigenvalue weighted by atomic mass is 10.1. The van der Waals surface area contributed by atoms with Gasteiger partial charge in [-0.25, -0.2) is 13.1 Å². The minimum Gasteiger partial charge on any atom is -0.348 e. The molecule has 0 heterocycles. The van der Waals surface area contributed by atoms with E-state index >= 15 is 0 Å². The van der Waals surface area contributed by atoms with Crippen molar-refractivity contribution in [3.05, 3.63) is 76.9 Å². The zero-order chi connectivity index (χ0) is 20.8. The molecule has 0 unspecified atom stereocenters. The summed E-state index contributed by atoms with van der Waals surface area (Å²) in [5, 5.41) is 2.61. The average molecular weight is 412 g/mol. The molecule has 2 rings (SSSR count). The second-order valence-electron chi connectivity index (χ2n) is 5.95. The molecule has 0 aliphatic heterocycles. The van der Waals surface area contributed by atoms with E-state index in [2.05, 4.69) is 10.0 Å². The van der Waals surface area contributed by atoms with Gasteiger partial charge in [0.15, 0.2) is 0 Å². The van der Waals surface area contributed by atoms with E-state index in [1.165, 1.54) is 25.3 Å². The molecule has 0 atom stereocenters. The molecule has 0 aliphatic rings. The van der Waals surface area contributed by atoms with Crippen molar-refractivity contribution in [3.63, 3.8) is 0 Å². The van der Waals surface area contributed by atoms with Gasteiger partial charge in [0.1, 0.15) is 0 Å². The smallest absolute Gasteiger partial charge is 0.348 e. The van der Waals surface area contributed by atoms with Crippen molar-refractivity contribution in [2.45, 2.75) is 18.5 Å². The van der Waals surface area contributed by atoms with Crippen molar-refractivity contribution >= 4 is 22.0 Å². The SMILES string of the molecule is CNS(=O)(=O)Cc1ccc(CNC(=O)/C=C/c2cccc(C(F)(F)F)c2)cc1. The number of alkyl halides is 3. The summed E-state index contributed by atoms with van der Waals surface area (Å²) in [6, 6.07) is 11.3. The molecule has 5 nitrogen and oxygen atoms in total. The molecule has 0 radical (unpaired) electrons. The molecule has 0 aliphatic carbocycles. The van der Waals surface area contributed by atoms with Crippen LogP contribution in [0.3, 0.4) is 0 Å². The van der Waals surface area contributed by atoms with Crippen LogP contribution in [0.15, 0.2) is 54.6 Å². The van der Waals surface area contributed by atoms with Crippen molar-refractivity contribution in [3.8, 4) is 0 Å². The Balaban J connectivity index is 1.91. The Kier molecular flexibility index (Phi) is 6.98. The largest absolute Gasteiger partial charge is 0.416 e. The molecule has 28 heavy (non-hydrogen) atoms. The van der Waals surface area contributed by atoms with Crippen molar-refractivity contribution in [1.82, 2.24) is 10.0 Å². The van der Waals surface area contributed by atoms with Crippen LogP contribution in [-0.4, -0.2) is 21.4 Å². The summed E-state index contributed by atoms with van der Waals surface area (Å²) in [4.78, 5) is 11.9. The molecule has 0 saturated carbocycles. The first-order valence-corrected chi connectivity index (χ1v) is 9.86. The maximum atomic E-state index is 12.7. The predicted octanol–water partition coefficient (Wildman–Crippen LogP) is 3.08. The molecular formula is C19H19F3N2O3S. The zero-order valence-corrected chi connectivity index (χ0v) is 15.8. The molecule has 0 bridgehead atoms. The monoisotopic (exact) mass is 412 g/mol. The summed E-state index contributed by atoms with van der Waals surface area (Å²) in [6.07, 6.45) is -1.98. The number of amides is 1. The normalized spacial score (nSPS) is 12.3. The highest BCUT2D eigenvalue weighted by atomic mass is 32.2. The van der Waals surface area contributed by atoms with Gasteiger partial charge in [-0.05, 0) is 41.9 Å². The summed E-state index contributed by atoms with van der Waals surface area (Å²) < 4.78 is 63.2. The maximum Gasteiger partial charge on any atom is 0.416 e. The topological polar surface area (TPSA) is 75.3 Å². The standard InChI is InChI=1S/C19H19F3N2O3S/c1-23-28(26,27)13-16-7-5-15(6-8-16)12-24-18(25)10-9-14-3-2-4-17(11-14)19(20,21)22/h2-11,23H,12-13H2,1H3,(H,24,25)/b10-9+. The average Bonchev–Trinajstić information content (AvgIpc) is 2.65. The molecule has 150 valence electrons. The summed E-state index contributed by atoms with van der Waals surface area (Å²) >= 11 is 0. The van der Waals surface area contributed by atoms with Crippen LogP contribution in [0, 0.1) is 0 Å². The molecule has 0 saturated heterocycles. The second kappa shape index (κ2) is 9.03. The van der Waals surface area contributed by atoms with E-state index in [0.717, 1.165) is 23.8 Å². The van der Waals surface area contributed by atoms with Crippen molar-refractivity contribution in [2.24, 2.45) is 0 Å². The Morgan fingerprint density at radius 1 is 1.07 bits per heavy atom. The Hall–Kier alpha value is -2.65. The van der Waals surface area contributed by atoms with Gasteiger partial charge in [0.25, 0.3) is 0 Å². The summed E-state index contributed by atoms with van der Waals surface area (Å²) in [6.45, 7) is 0.199. The van der Waals surface area contributed by atoms with Gasteiger partial charge in [-0.2, -0.15) is 13.2 Å². The first-order valence-electron chi connectivity index (χ1n) is 8.21. The number of carbonyl (C=O) groups is 1. The number of hydrogen-bond donors (Lipinski definition) is 2. The van der Waals surface area contributed by atoms with Crippen LogP contribution in [0.4, 0.5) is 13.2 Å². The second-order valence-corrected chi connectivity index (χ2v) is 7.88. The fraction of sp³-hybridized carbons (Fsp3) is 0.211. The van der Waals surface area contributed by atoms with Crippen LogP contribution < -0.4 is 10.0 Å². The molecule has 9 heteroatoms. The third-order valence-corrected chi connectivity index (χ3v) is 5.13. The van der Waals surface area contributed by atoms with E-state index in [0.29, 0.717) is 5.56 Å². The number of halogens is 3. The number of nitrogens with one attached hydrogen (secondary N) is 2. The van der Waals surface area contributed by atoms with Crippen LogP contribution in [0.25, 0.3) is 6.08 Å². The number of rotatable bonds is 7. The van der Waals surface area contributed by atoms with Crippen molar-refractivity contribution < 1.29 is 26.4 Å². The predicted molar refractivity (Wildman–Crippen MR) is 100 cm³/mol. The van der Waals surface area contributed by atoms with E-state index < -0.39 is 27.7 Å². The van der Waals surface area contributed by atoms with Gasteiger partial charge >= 0.3 is 6.18 Å². The Morgan fingerprint density at radius 2 is 1.71 bits per heavy atom. The lowest BCUT2D eigenvalue weighted by Gasteiger charge is -2.07. The molecule has 0 aromatic heterocycles. The number of sulfonamides is 1. The lowest BCUT2D eigenvalue weighted by Crippen LogP contribution is -2.21. The highest BCUT2D eigenvalue weighted by Gasteiger charge is 2.30. The van der Waals surface area contributed by atoms with E-state index in [1.54, 1.807) is 24.3 Å². The Morgan fingerprint density at radius 3 is 2.32 bits per heavy atom. The van der Waals surface area contributed by atoms with Gasteiger partial charge in [-0.1, -0.05) is 36.4 Å². The number of hydrogen-bond acceptors (Lipinski definition) is 3. The fourth-order valence-electron chi connectivity index (χ4n) is 2.28. The Labute approximate surface area is 161 Å². The van der Waals surface area contributed by atoms with Crippen LogP contribution in [-0.2, 0) is 33.3 Å². The van der Waals surface area contributed by atoms with Gasteiger partial charge in [0.05, 0.1) is 11.3 Å².